The van der Waals surface area contributed by atoms with Crippen LogP contribution < -0.4 is 0 Å². The molecular formula is C4H9KOS. The van der Waals surface area contributed by atoms with Crippen LogP contribution in [0.5, 0.6) is 0 Å². The first-order chi connectivity index (χ1) is 2.81. The van der Waals surface area contributed by atoms with Crippen LogP contribution in [0.15, 0.2) is 0 Å². The Morgan fingerprint density at radius 2 is 2.14 bits per heavy atom. The van der Waals surface area contributed by atoms with E-state index in [0.29, 0.717) is 6.42 Å². The zero-order chi connectivity index (χ0) is 4.99. The second-order valence-electron chi connectivity index (χ2n) is 0.930. The molecule has 0 unspecified atom stereocenters. The molecule has 0 spiro atoms. The number of carbonyl (C=O) groups is 1. The summed E-state index contributed by atoms with van der Waals surface area (Å²) in [5.74, 6) is 0. The summed E-state index contributed by atoms with van der Waals surface area (Å²) in [5.41, 5.74) is 0. The van der Waals surface area contributed by atoms with Gasteiger partial charge in [-0.25, -0.2) is 0 Å². The van der Waals surface area contributed by atoms with Crippen LogP contribution in [0.4, 0.5) is 0 Å². The van der Waals surface area contributed by atoms with Crippen LogP contribution in [0.2, 0.25) is 0 Å². The standard InChI is InChI=1S/C4H8OS.K.H/c1-3-4(5)6-2;;/h3H2,1-2H3;;. The molecule has 3 heteroatoms. The predicted molar refractivity (Wildman–Crippen MR) is 36.0 cm³/mol. The molecule has 0 N–H and O–H groups in total. The molecule has 38 valence electrons. The number of thioether (sulfide) groups is 1. The summed E-state index contributed by atoms with van der Waals surface area (Å²) in [6.07, 6.45) is 2.45. The Hall–Kier alpha value is 1.66. The van der Waals surface area contributed by atoms with E-state index >= 15 is 0 Å². The molecule has 0 aliphatic rings. The van der Waals surface area contributed by atoms with Gasteiger partial charge in [0, 0.05) is 6.42 Å². The van der Waals surface area contributed by atoms with Crippen molar-refractivity contribution in [3.05, 3.63) is 0 Å². The molecule has 0 aliphatic carbocycles. The third-order valence-corrected chi connectivity index (χ3v) is 1.26. The molecular weight excluding hydrogens is 135 g/mol. The summed E-state index contributed by atoms with van der Waals surface area (Å²) >= 11 is 1.29. The Morgan fingerprint density at radius 1 is 1.71 bits per heavy atom. The second kappa shape index (κ2) is 7.66. The van der Waals surface area contributed by atoms with E-state index in [-0.39, 0.29) is 56.5 Å². The van der Waals surface area contributed by atoms with E-state index in [2.05, 4.69) is 0 Å². The van der Waals surface area contributed by atoms with Crippen LogP contribution in [0.1, 0.15) is 13.3 Å². The number of hydrogen-bond acceptors (Lipinski definition) is 2. The first kappa shape index (κ1) is 11.5. The van der Waals surface area contributed by atoms with Crippen LogP contribution in [-0.4, -0.2) is 62.8 Å². The molecule has 0 aliphatic heterocycles. The maximum absolute atomic E-state index is 10.1. The van der Waals surface area contributed by atoms with Gasteiger partial charge in [-0.05, 0) is 6.26 Å². The van der Waals surface area contributed by atoms with E-state index < -0.39 is 0 Å². The first-order valence-electron chi connectivity index (χ1n) is 1.88. The van der Waals surface area contributed by atoms with E-state index in [4.69, 9.17) is 0 Å². The fraction of sp³-hybridized carbons (Fsp3) is 0.750. The van der Waals surface area contributed by atoms with Crippen LogP contribution in [0, 0.1) is 0 Å². The second-order valence-corrected chi connectivity index (χ2v) is 1.79. The maximum atomic E-state index is 10.1. The minimum absolute atomic E-state index is 0. The molecule has 0 rings (SSSR count). The molecule has 0 amide bonds. The molecule has 0 radical (unpaired) electrons. The van der Waals surface area contributed by atoms with Gasteiger partial charge in [0.1, 0.15) is 0 Å². The monoisotopic (exact) mass is 144 g/mol. The quantitative estimate of drug-likeness (QED) is 0.502. The van der Waals surface area contributed by atoms with Crippen molar-refractivity contribution >= 4 is 68.3 Å². The SMILES string of the molecule is CCC(=O)SC.[KH]. The summed E-state index contributed by atoms with van der Waals surface area (Å²) in [6.45, 7) is 1.86. The minimum atomic E-state index is 0. The van der Waals surface area contributed by atoms with Crippen molar-refractivity contribution in [3.8, 4) is 0 Å². The summed E-state index contributed by atoms with van der Waals surface area (Å²) in [6, 6.07) is 0. The van der Waals surface area contributed by atoms with Crippen LogP contribution in [0.3, 0.4) is 0 Å². The van der Waals surface area contributed by atoms with Crippen LogP contribution >= 0.6 is 11.8 Å². The van der Waals surface area contributed by atoms with Crippen molar-refractivity contribution in [2.75, 3.05) is 6.26 Å². The predicted octanol–water partition coefficient (Wildman–Crippen LogP) is 0.637. The summed E-state index contributed by atoms with van der Waals surface area (Å²) in [7, 11) is 0. The Labute approximate surface area is 91.0 Å². The van der Waals surface area contributed by atoms with Crippen molar-refractivity contribution in [1.29, 1.82) is 0 Å². The van der Waals surface area contributed by atoms with E-state index in [0.717, 1.165) is 0 Å². The molecule has 0 aromatic heterocycles. The van der Waals surface area contributed by atoms with Crippen molar-refractivity contribution in [1.82, 2.24) is 0 Å². The van der Waals surface area contributed by atoms with Crippen molar-refractivity contribution in [2.24, 2.45) is 0 Å². The third kappa shape index (κ3) is 7.66. The molecule has 0 saturated heterocycles. The zero-order valence-corrected chi connectivity index (χ0v) is 4.84. The average Bonchev–Trinajstić information content (AvgIpc) is 1.65. The number of rotatable bonds is 1. The molecule has 0 fully saturated rings. The Kier molecular flexibility index (Phi) is 12.5. The van der Waals surface area contributed by atoms with Gasteiger partial charge in [0.25, 0.3) is 0 Å². The van der Waals surface area contributed by atoms with Gasteiger partial charge < -0.3 is 0 Å². The van der Waals surface area contributed by atoms with Crippen LogP contribution in [-0.2, 0) is 4.79 Å². The number of carbonyl (C=O) groups excluding carboxylic acids is 1. The third-order valence-electron chi connectivity index (χ3n) is 0.516. The fourth-order valence-corrected chi connectivity index (χ4v) is 0.433. The molecule has 0 heterocycles. The molecule has 0 aromatic carbocycles. The number of hydrogen-bond donors (Lipinski definition) is 0. The summed E-state index contributed by atoms with van der Waals surface area (Å²) in [4.78, 5) is 10.1. The van der Waals surface area contributed by atoms with Gasteiger partial charge in [-0.2, -0.15) is 0 Å². The molecule has 7 heavy (non-hydrogen) atoms. The summed E-state index contributed by atoms with van der Waals surface area (Å²) < 4.78 is 0. The molecule has 0 atom stereocenters. The normalized spacial score (nSPS) is 7.14. The van der Waals surface area contributed by atoms with E-state index in [1.807, 2.05) is 6.92 Å². The zero-order valence-electron chi connectivity index (χ0n) is 4.02. The van der Waals surface area contributed by atoms with Crippen LogP contribution in [0.25, 0.3) is 0 Å². The van der Waals surface area contributed by atoms with Gasteiger partial charge >= 0.3 is 51.4 Å². The first-order valence-corrected chi connectivity index (χ1v) is 3.10. The van der Waals surface area contributed by atoms with E-state index in [1.165, 1.54) is 11.8 Å². The topological polar surface area (TPSA) is 17.1 Å². The molecule has 0 aromatic rings. The Balaban J connectivity index is 0. The summed E-state index contributed by atoms with van der Waals surface area (Å²) in [5, 5.41) is 0.259. The van der Waals surface area contributed by atoms with Gasteiger partial charge in [-0.15, -0.1) is 0 Å². The van der Waals surface area contributed by atoms with Gasteiger partial charge in [0.15, 0.2) is 5.12 Å². The van der Waals surface area contributed by atoms with Gasteiger partial charge in [0.05, 0.1) is 0 Å². The van der Waals surface area contributed by atoms with Crippen molar-refractivity contribution in [3.63, 3.8) is 0 Å². The van der Waals surface area contributed by atoms with Gasteiger partial charge in [0.2, 0.25) is 0 Å². The van der Waals surface area contributed by atoms with Gasteiger partial charge in [-0.1, -0.05) is 18.7 Å². The fourth-order valence-electron chi connectivity index (χ4n) is 0.144. The average molecular weight is 144 g/mol. The van der Waals surface area contributed by atoms with Gasteiger partial charge in [-0.3, -0.25) is 4.79 Å². The van der Waals surface area contributed by atoms with Crippen molar-refractivity contribution < 1.29 is 4.79 Å². The molecule has 1 nitrogen and oxygen atoms in total. The molecule has 0 bridgehead atoms. The Bertz CT molecular complexity index is 49.7. The van der Waals surface area contributed by atoms with E-state index in [9.17, 15) is 4.79 Å². The Morgan fingerprint density at radius 3 is 2.14 bits per heavy atom. The van der Waals surface area contributed by atoms with Crippen molar-refractivity contribution in [2.45, 2.75) is 13.3 Å². The van der Waals surface area contributed by atoms with E-state index in [1.54, 1.807) is 6.26 Å². The molecule has 0 saturated carbocycles.